The van der Waals surface area contributed by atoms with Crippen LogP contribution in [-0.2, 0) is 4.79 Å². The summed E-state index contributed by atoms with van der Waals surface area (Å²) in [7, 11) is 0. The van der Waals surface area contributed by atoms with E-state index < -0.39 is 17.4 Å². The van der Waals surface area contributed by atoms with E-state index in [1.807, 2.05) is 40.7 Å². The molecule has 2 aromatic carbocycles. The van der Waals surface area contributed by atoms with Gasteiger partial charge < -0.3 is 17.1 Å². The summed E-state index contributed by atoms with van der Waals surface area (Å²) < 4.78 is 5.91. The second kappa shape index (κ2) is 11.5. The van der Waals surface area contributed by atoms with Crippen LogP contribution >= 0.6 is 24.2 Å². The van der Waals surface area contributed by atoms with Crippen LogP contribution in [0.3, 0.4) is 0 Å². The van der Waals surface area contributed by atoms with Gasteiger partial charge in [0.25, 0.3) is 0 Å². The number of esters is 1. The van der Waals surface area contributed by atoms with E-state index in [2.05, 4.69) is 0 Å². The maximum Gasteiger partial charge on any atom is 0.370 e. The number of carbonyl (C=O) groups excluding carboxylic acids is 3. The monoisotopic (exact) mass is 488 g/mol. The zero-order chi connectivity index (χ0) is 21.9. The van der Waals surface area contributed by atoms with Gasteiger partial charge in [-0.3, -0.25) is 9.59 Å². The summed E-state index contributed by atoms with van der Waals surface area (Å²) in [6, 6.07) is 11.6. The predicted molar refractivity (Wildman–Crippen MR) is 118 cm³/mol. The van der Waals surface area contributed by atoms with E-state index in [1.54, 1.807) is 24.3 Å². The van der Waals surface area contributed by atoms with Gasteiger partial charge in [-0.2, -0.15) is 0 Å². The van der Waals surface area contributed by atoms with Crippen molar-refractivity contribution in [2.24, 2.45) is 0 Å². The van der Waals surface area contributed by atoms with Gasteiger partial charge >= 0.3 is 17.8 Å². The van der Waals surface area contributed by atoms with Gasteiger partial charge in [-0.1, -0.05) is 21.7 Å². The highest BCUT2D eigenvalue weighted by Gasteiger charge is 2.41. The topological polar surface area (TPSA) is 68.1 Å². The molecule has 0 aromatic heterocycles. The number of ether oxygens (including phenoxy) is 1. The van der Waals surface area contributed by atoms with Crippen molar-refractivity contribution in [3.63, 3.8) is 0 Å². The van der Waals surface area contributed by atoms with Crippen LogP contribution in [0.15, 0.2) is 42.5 Å². The first-order valence-electron chi connectivity index (χ1n) is 9.19. The fourth-order valence-corrected chi connectivity index (χ4v) is 3.44. The van der Waals surface area contributed by atoms with E-state index in [0.717, 1.165) is 15.7 Å². The van der Waals surface area contributed by atoms with Crippen molar-refractivity contribution in [2.45, 2.75) is 47.1 Å². The first kappa shape index (κ1) is 28.9. The van der Waals surface area contributed by atoms with Crippen molar-refractivity contribution >= 4 is 42.0 Å². The lowest BCUT2D eigenvalue weighted by Crippen LogP contribution is -3.25. The van der Waals surface area contributed by atoms with Crippen LogP contribution in [-0.4, -0.2) is 27.9 Å². The Morgan fingerprint density at radius 1 is 0.935 bits per heavy atom. The van der Waals surface area contributed by atoms with Gasteiger partial charge in [-0.05, 0) is 71.0 Å². The second-order valence-corrected chi connectivity index (χ2v) is 8.35. The highest BCUT2D eigenvalue weighted by Crippen LogP contribution is 2.14. The Morgan fingerprint density at radius 2 is 1.42 bits per heavy atom. The number of nitrogens with zero attached hydrogens (tertiary/aromatic N) is 1. The van der Waals surface area contributed by atoms with Crippen molar-refractivity contribution in [3.05, 3.63) is 64.7 Å². The molecule has 2 rings (SSSR count). The zero-order valence-electron chi connectivity index (χ0n) is 18.3. The van der Waals surface area contributed by atoms with Crippen molar-refractivity contribution in [3.8, 4) is 5.75 Å². The molecular formula is C22H27Cl3N2O4. The minimum atomic E-state index is -0.693. The molecule has 0 heterocycles. The van der Waals surface area contributed by atoms with Gasteiger partial charge in [0, 0.05) is 12.5 Å². The van der Waals surface area contributed by atoms with Crippen LogP contribution in [0.5, 0.6) is 5.75 Å². The molecule has 0 aliphatic carbocycles. The molecule has 31 heavy (non-hydrogen) atoms. The van der Waals surface area contributed by atoms with E-state index in [0.29, 0.717) is 16.9 Å². The summed E-state index contributed by atoms with van der Waals surface area (Å²) >= 11 is 6.42. The van der Waals surface area contributed by atoms with E-state index in [4.69, 9.17) is 16.5 Å². The number of hydrogen-bond acceptors (Lipinski definition) is 4. The highest BCUT2D eigenvalue weighted by molar-refractivity contribution is 6.23. The average molecular weight is 490 g/mol. The van der Waals surface area contributed by atoms with Crippen LogP contribution in [0.25, 0.3) is 0 Å². The number of hydrogen-bond donors (Lipinski definition) is 1. The third kappa shape index (κ3) is 7.51. The fourth-order valence-electron chi connectivity index (χ4n) is 3.01. The maximum absolute atomic E-state index is 13.2. The molecule has 0 bridgehead atoms. The van der Waals surface area contributed by atoms with Gasteiger partial charge in [0.15, 0.2) is 0 Å². The molecule has 0 fully saturated rings. The zero-order valence-corrected chi connectivity index (χ0v) is 20.6. The summed E-state index contributed by atoms with van der Waals surface area (Å²) in [6.45, 7) is 10.5. The normalized spacial score (nSPS) is 11.5. The lowest BCUT2D eigenvalue weighted by atomic mass is 10.1. The molecule has 0 saturated heterocycles. The van der Waals surface area contributed by atoms with Crippen molar-refractivity contribution < 1.29 is 36.5 Å². The lowest BCUT2D eigenvalue weighted by molar-refractivity contribution is -0.951. The Morgan fingerprint density at radius 3 is 1.84 bits per heavy atom. The third-order valence-corrected chi connectivity index (χ3v) is 4.47. The molecule has 170 valence electrons. The summed E-state index contributed by atoms with van der Waals surface area (Å²) in [5.41, 5.74) is 1.93. The van der Waals surface area contributed by atoms with Gasteiger partial charge in [0.1, 0.15) is 11.3 Å². The van der Waals surface area contributed by atoms with Crippen molar-refractivity contribution in [2.75, 3.05) is 0 Å². The minimum Gasteiger partial charge on any atom is -1.00 e. The van der Waals surface area contributed by atoms with E-state index in [9.17, 15) is 14.4 Å². The quantitative estimate of drug-likeness (QED) is 0.298. The standard InChI is InChI=1S/C22H25ClN2O4.2ClH/c1-14-11-15(2)13-18(12-14)21(28)25(23)24(22(4,5)6)20(27)17-7-9-19(10-8-17)29-16(3)26;;/h7-13H,1-6H3;2*1H. The SMILES string of the molecule is CC(=O)Oc1ccc(C(=O)[NH+](N(Cl)C(=O)c2cc(C)cc(C)c2)C(C)(C)C)cc1.Cl.[Cl-]. The Labute approximate surface area is 200 Å². The molecule has 0 aliphatic rings. The number of quaternary nitrogens is 1. The molecule has 0 saturated carbocycles. The Hall–Kier alpha value is -2.12. The first-order chi connectivity index (χ1) is 13.4. The minimum absolute atomic E-state index is 0. The average Bonchev–Trinajstić information content (AvgIpc) is 2.59. The summed E-state index contributed by atoms with van der Waals surface area (Å²) in [5.74, 6) is -0.953. The smallest absolute Gasteiger partial charge is 0.370 e. The molecule has 2 amide bonds. The fraction of sp³-hybridized carbons (Fsp3) is 0.318. The van der Waals surface area contributed by atoms with Crippen LogP contribution in [0.2, 0.25) is 0 Å². The molecular weight excluding hydrogens is 463 g/mol. The van der Waals surface area contributed by atoms with Crippen molar-refractivity contribution in [1.82, 2.24) is 4.53 Å². The number of benzene rings is 2. The number of carbonyl (C=O) groups is 3. The summed E-state index contributed by atoms with van der Waals surface area (Å²) in [5, 5.41) is 0.156. The molecule has 9 heteroatoms. The largest absolute Gasteiger partial charge is 1.00 e. The number of halogens is 3. The summed E-state index contributed by atoms with van der Waals surface area (Å²) in [4.78, 5) is 37.3. The third-order valence-electron chi connectivity index (χ3n) is 4.15. The molecule has 1 atom stereocenters. The molecule has 1 unspecified atom stereocenters. The molecule has 0 spiro atoms. The number of aryl methyl sites for hydroxylation is 2. The Balaban J connectivity index is 0.00000450. The molecule has 2 aromatic rings. The second-order valence-electron chi connectivity index (χ2n) is 8.01. The van der Waals surface area contributed by atoms with E-state index in [1.165, 1.54) is 19.1 Å². The lowest BCUT2D eigenvalue weighted by Gasteiger charge is -2.33. The molecule has 6 nitrogen and oxygen atoms in total. The van der Waals surface area contributed by atoms with Gasteiger partial charge in [0.05, 0.1) is 17.3 Å². The molecule has 0 radical (unpaired) electrons. The van der Waals surface area contributed by atoms with Gasteiger partial charge in [0.2, 0.25) is 0 Å². The molecule has 1 N–H and O–H groups in total. The molecule has 0 aliphatic heterocycles. The van der Waals surface area contributed by atoms with Gasteiger partial charge in [-0.15, -0.1) is 17.4 Å². The van der Waals surface area contributed by atoms with Crippen LogP contribution in [0, 0.1) is 13.8 Å². The van der Waals surface area contributed by atoms with E-state index in [-0.39, 0.29) is 35.7 Å². The van der Waals surface area contributed by atoms with Crippen LogP contribution < -0.4 is 22.2 Å². The van der Waals surface area contributed by atoms with E-state index >= 15 is 0 Å². The highest BCUT2D eigenvalue weighted by atomic mass is 35.5. The van der Waals surface area contributed by atoms with Crippen LogP contribution in [0.4, 0.5) is 0 Å². The van der Waals surface area contributed by atoms with Gasteiger partial charge in [-0.25, -0.2) is 4.79 Å². The first-order valence-corrected chi connectivity index (χ1v) is 9.53. The van der Waals surface area contributed by atoms with Crippen molar-refractivity contribution in [1.29, 1.82) is 0 Å². The van der Waals surface area contributed by atoms with Crippen LogP contribution in [0.1, 0.15) is 59.5 Å². The number of amides is 2. The Kier molecular flexibility index (Phi) is 10.7. The summed E-state index contributed by atoms with van der Waals surface area (Å²) in [6.07, 6.45) is 0. The Bertz CT molecular complexity index is 921. The predicted octanol–water partition coefficient (Wildman–Crippen LogP) is 0.689. The maximum atomic E-state index is 13.2. The number of rotatable bonds is 3. The number of nitrogens with one attached hydrogen (secondary N) is 1.